The third-order valence-corrected chi connectivity index (χ3v) is 3.99. The van der Waals surface area contributed by atoms with Crippen LogP contribution in [0.2, 0.25) is 0 Å². The highest BCUT2D eigenvalue weighted by atomic mass is 32.2. The summed E-state index contributed by atoms with van der Waals surface area (Å²) in [7, 11) is 0. The quantitative estimate of drug-likeness (QED) is 0.827. The SMILES string of the molecule is CSc1ccc(F)cc1CCN1CCNCC1. The zero-order valence-corrected chi connectivity index (χ0v) is 11.0. The first-order chi connectivity index (χ1) is 8.29. The summed E-state index contributed by atoms with van der Waals surface area (Å²) in [6.07, 6.45) is 2.98. The Balaban J connectivity index is 1.95. The molecular weight excluding hydrogens is 235 g/mol. The van der Waals surface area contributed by atoms with Crippen LogP contribution in [-0.4, -0.2) is 43.9 Å². The molecule has 2 rings (SSSR count). The van der Waals surface area contributed by atoms with Crippen molar-refractivity contribution in [2.24, 2.45) is 0 Å². The number of benzene rings is 1. The van der Waals surface area contributed by atoms with E-state index in [0.29, 0.717) is 0 Å². The van der Waals surface area contributed by atoms with Crippen LogP contribution in [0.4, 0.5) is 4.39 Å². The number of hydrogen-bond acceptors (Lipinski definition) is 3. The van der Waals surface area contributed by atoms with Crippen LogP contribution in [-0.2, 0) is 6.42 Å². The summed E-state index contributed by atoms with van der Waals surface area (Å²) in [6.45, 7) is 5.36. The van der Waals surface area contributed by atoms with Crippen LogP contribution in [0.15, 0.2) is 23.1 Å². The fraction of sp³-hybridized carbons (Fsp3) is 0.538. The van der Waals surface area contributed by atoms with Gasteiger partial charge in [-0.1, -0.05) is 0 Å². The highest BCUT2D eigenvalue weighted by Gasteiger charge is 2.10. The van der Waals surface area contributed by atoms with Gasteiger partial charge in [0, 0.05) is 37.6 Å². The topological polar surface area (TPSA) is 15.3 Å². The lowest BCUT2D eigenvalue weighted by atomic mass is 10.1. The summed E-state index contributed by atoms with van der Waals surface area (Å²) in [5.41, 5.74) is 1.14. The van der Waals surface area contributed by atoms with Crippen molar-refractivity contribution in [2.75, 3.05) is 39.0 Å². The number of hydrogen-bond donors (Lipinski definition) is 1. The van der Waals surface area contributed by atoms with Crippen molar-refractivity contribution in [2.45, 2.75) is 11.3 Å². The zero-order valence-electron chi connectivity index (χ0n) is 10.2. The largest absolute Gasteiger partial charge is 0.314 e. The maximum absolute atomic E-state index is 13.2. The molecule has 0 saturated carbocycles. The predicted molar refractivity (Wildman–Crippen MR) is 71.2 cm³/mol. The van der Waals surface area contributed by atoms with Gasteiger partial charge in [0.1, 0.15) is 5.82 Å². The van der Waals surface area contributed by atoms with Crippen molar-refractivity contribution in [3.8, 4) is 0 Å². The van der Waals surface area contributed by atoms with E-state index in [9.17, 15) is 4.39 Å². The molecule has 0 radical (unpaired) electrons. The van der Waals surface area contributed by atoms with E-state index in [-0.39, 0.29) is 5.82 Å². The lowest BCUT2D eigenvalue weighted by Crippen LogP contribution is -2.44. The van der Waals surface area contributed by atoms with Gasteiger partial charge in [0.05, 0.1) is 0 Å². The van der Waals surface area contributed by atoms with Gasteiger partial charge in [0.15, 0.2) is 0 Å². The first-order valence-electron chi connectivity index (χ1n) is 6.05. The molecule has 94 valence electrons. The summed E-state index contributed by atoms with van der Waals surface area (Å²) in [5, 5.41) is 3.34. The van der Waals surface area contributed by atoms with Crippen LogP contribution < -0.4 is 5.32 Å². The van der Waals surface area contributed by atoms with E-state index in [4.69, 9.17) is 0 Å². The molecule has 17 heavy (non-hydrogen) atoms. The highest BCUT2D eigenvalue weighted by Crippen LogP contribution is 2.21. The molecule has 1 aromatic carbocycles. The number of nitrogens with zero attached hydrogens (tertiary/aromatic N) is 1. The summed E-state index contributed by atoms with van der Waals surface area (Å²) >= 11 is 1.69. The average molecular weight is 254 g/mol. The molecule has 0 spiro atoms. The molecule has 4 heteroatoms. The van der Waals surface area contributed by atoms with E-state index < -0.39 is 0 Å². The first kappa shape index (κ1) is 12.9. The van der Waals surface area contributed by atoms with Gasteiger partial charge in [-0.3, -0.25) is 0 Å². The Kier molecular flexibility index (Phi) is 4.83. The molecule has 1 heterocycles. The van der Waals surface area contributed by atoms with Gasteiger partial charge in [0.2, 0.25) is 0 Å². The molecule has 0 unspecified atom stereocenters. The summed E-state index contributed by atoms with van der Waals surface area (Å²) in [6, 6.07) is 5.10. The molecule has 1 aliphatic heterocycles. The average Bonchev–Trinajstić information content (AvgIpc) is 2.38. The van der Waals surface area contributed by atoms with E-state index in [1.807, 2.05) is 12.3 Å². The molecule has 0 bridgehead atoms. The van der Waals surface area contributed by atoms with Gasteiger partial charge >= 0.3 is 0 Å². The molecule has 1 saturated heterocycles. The van der Waals surface area contributed by atoms with Gasteiger partial charge in [-0.25, -0.2) is 4.39 Å². The Morgan fingerprint density at radius 3 is 2.82 bits per heavy atom. The van der Waals surface area contributed by atoms with E-state index in [1.54, 1.807) is 23.9 Å². The molecular formula is C13H19FN2S. The van der Waals surface area contributed by atoms with Crippen LogP contribution in [0.1, 0.15) is 5.56 Å². The second-order valence-electron chi connectivity index (χ2n) is 4.30. The first-order valence-corrected chi connectivity index (χ1v) is 7.27. The Morgan fingerprint density at radius 2 is 2.12 bits per heavy atom. The van der Waals surface area contributed by atoms with Crippen LogP contribution >= 0.6 is 11.8 Å². The molecule has 0 aliphatic carbocycles. The molecule has 1 N–H and O–H groups in total. The van der Waals surface area contributed by atoms with Gasteiger partial charge < -0.3 is 10.2 Å². The number of piperazine rings is 1. The molecule has 0 aromatic heterocycles. The van der Waals surface area contributed by atoms with Crippen LogP contribution in [0, 0.1) is 5.82 Å². The smallest absolute Gasteiger partial charge is 0.123 e. The molecule has 0 amide bonds. The summed E-state index contributed by atoms with van der Waals surface area (Å²) < 4.78 is 13.2. The van der Waals surface area contributed by atoms with Crippen molar-refractivity contribution in [1.29, 1.82) is 0 Å². The Hall–Kier alpha value is -0.580. The van der Waals surface area contributed by atoms with Crippen molar-refractivity contribution in [3.63, 3.8) is 0 Å². The molecule has 1 aliphatic rings. The minimum Gasteiger partial charge on any atom is -0.314 e. The Morgan fingerprint density at radius 1 is 1.35 bits per heavy atom. The van der Waals surface area contributed by atoms with Crippen molar-refractivity contribution < 1.29 is 4.39 Å². The molecule has 1 fully saturated rings. The summed E-state index contributed by atoms with van der Waals surface area (Å²) in [5.74, 6) is -0.127. The number of thioether (sulfide) groups is 1. The minimum absolute atomic E-state index is 0.127. The maximum Gasteiger partial charge on any atom is 0.123 e. The van der Waals surface area contributed by atoms with E-state index >= 15 is 0 Å². The van der Waals surface area contributed by atoms with Gasteiger partial charge in [-0.05, 0) is 36.4 Å². The Labute approximate surface area is 107 Å². The fourth-order valence-corrected chi connectivity index (χ4v) is 2.78. The van der Waals surface area contributed by atoms with Gasteiger partial charge in [-0.2, -0.15) is 0 Å². The van der Waals surface area contributed by atoms with E-state index in [0.717, 1.165) is 44.7 Å². The lowest BCUT2D eigenvalue weighted by molar-refractivity contribution is 0.243. The number of rotatable bonds is 4. The van der Waals surface area contributed by atoms with Crippen LogP contribution in [0.3, 0.4) is 0 Å². The van der Waals surface area contributed by atoms with Gasteiger partial charge in [-0.15, -0.1) is 11.8 Å². The number of nitrogens with one attached hydrogen (secondary N) is 1. The van der Waals surface area contributed by atoms with E-state index in [1.165, 1.54) is 4.90 Å². The molecule has 2 nitrogen and oxygen atoms in total. The van der Waals surface area contributed by atoms with Crippen molar-refractivity contribution in [3.05, 3.63) is 29.6 Å². The van der Waals surface area contributed by atoms with Crippen LogP contribution in [0.25, 0.3) is 0 Å². The molecule has 1 aromatic rings. The second kappa shape index (κ2) is 6.38. The van der Waals surface area contributed by atoms with Gasteiger partial charge in [0.25, 0.3) is 0 Å². The van der Waals surface area contributed by atoms with E-state index in [2.05, 4.69) is 10.2 Å². The third-order valence-electron chi connectivity index (χ3n) is 3.15. The molecule has 0 atom stereocenters. The zero-order chi connectivity index (χ0) is 12.1. The third kappa shape index (κ3) is 3.69. The monoisotopic (exact) mass is 254 g/mol. The summed E-state index contributed by atoms with van der Waals surface area (Å²) in [4.78, 5) is 3.63. The van der Waals surface area contributed by atoms with Crippen molar-refractivity contribution in [1.82, 2.24) is 10.2 Å². The minimum atomic E-state index is -0.127. The van der Waals surface area contributed by atoms with Crippen molar-refractivity contribution >= 4 is 11.8 Å². The highest BCUT2D eigenvalue weighted by molar-refractivity contribution is 7.98. The standard InChI is InChI=1S/C13H19FN2S/c1-17-13-3-2-12(14)10-11(13)4-7-16-8-5-15-6-9-16/h2-3,10,15H,4-9H2,1H3. The number of halogens is 1. The normalized spacial score (nSPS) is 17.3. The Bertz CT molecular complexity index is 364. The predicted octanol–water partition coefficient (Wildman–Crippen LogP) is 2.00. The van der Waals surface area contributed by atoms with Crippen LogP contribution in [0.5, 0.6) is 0 Å². The fourth-order valence-electron chi connectivity index (χ4n) is 2.16. The second-order valence-corrected chi connectivity index (χ2v) is 5.15. The maximum atomic E-state index is 13.2. The lowest BCUT2D eigenvalue weighted by Gasteiger charge is -2.27.